The van der Waals surface area contributed by atoms with E-state index in [1.54, 1.807) is 0 Å². The van der Waals surface area contributed by atoms with E-state index >= 15 is 0 Å². The third kappa shape index (κ3) is 3.55. The van der Waals surface area contributed by atoms with Gasteiger partial charge >= 0.3 is 5.97 Å². The minimum atomic E-state index is -0.775. The summed E-state index contributed by atoms with van der Waals surface area (Å²) in [6.07, 6.45) is 3.45. The number of hydrogen-bond acceptors (Lipinski definition) is 2. The number of aliphatic carboxylic acids is 1. The van der Waals surface area contributed by atoms with E-state index < -0.39 is 12.0 Å². The molecule has 0 saturated carbocycles. The van der Waals surface area contributed by atoms with Crippen LogP contribution in [0.3, 0.4) is 0 Å². The molecule has 1 unspecified atom stereocenters. The second-order valence-electron chi connectivity index (χ2n) is 5.96. The summed E-state index contributed by atoms with van der Waals surface area (Å²) in [6, 6.07) is 18.0. The zero-order valence-corrected chi connectivity index (χ0v) is 12.5. The summed E-state index contributed by atoms with van der Waals surface area (Å²) in [4.78, 5) is 11.6. The molecule has 2 atom stereocenters. The Balaban J connectivity index is 1.66. The molecular weight excluding hydrogens is 274 g/mol. The Morgan fingerprint density at radius 1 is 1.09 bits per heavy atom. The van der Waals surface area contributed by atoms with Crippen molar-refractivity contribution in [1.29, 1.82) is 0 Å². The molecule has 0 radical (unpaired) electrons. The van der Waals surface area contributed by atoms with Gasteiger partial charge in [0, 0.05) is 6.04 Å². The molecule has 0 aromatic heterocycles. The van der Waals surface area contributed by atoms with Gasteiger partial charge in [0.25, 0.3) is 0 Å². The highest BCUT2D eigenvalue weighted by atomic mass is 16.4. The largest absolute Gasteiger partial charge is 0.480 e. The highest BCUT2D eigenvalue weighted by Crippen LogP contribution is 2.21. The maximum absolute atomic E-state index is 11.6. The third-order valence-corrected chi connectivity index (χ3v) is 4.36. The molecule has 0 aliphatic heterocycles. The van der Waals surface area contributed by atoms with Gasteiger partial charge in [0.2, 0.25) is 0 Å². The fourth-order valence-electron chi connectivity index (χ4n) is 3.19. The van der Waals surface area contributed by atoms with Gasteiger partial charge in [-0.25, -0.2) is 0 Å². The van der Waals surface area contributed by atoms with Gasteiger partial charge in [0.05, 0.1) is 0 Å². The van der Waals surface area contributed by atoms with Crippen LogP contribution in [0.25, 0.3) is 0 Å². The van der Waals surface area contributed by atoms with Gasteiger partial charge in [0.15, 0.2) is 0 Å². The highest BCUT2D eigenvalue weighted by Gasteiger charge is 2.24. The molecule has 114 valence electrons. The van der Waals surface area contributed by atoms with Crippen LogP contribution in [0.5, 0.6) is 0 Å². The molecule has 3 nitrogen and oxygen atoms in total. The lowest BCUT2D eigenvalue weighted by molar-refractivity contribution is -0.139. The van der Waals surface area contributed by atoms with Crippen LogP contribution in [0.15, 0.2) is 54.6 Å². The molecule has 3 heteroatoms. The number of carboxylic acid groups (broad SMARTS) is 1. The fourth-order valence-corrected chi connectivity index (χ4v) is 3.19. The molecule has 2 aromatic carbocycles. The van der Waals surface area contributed by atoms with Crippen molar-refractivity contribution in [2.45, 2.75) is 37.8 Å². The van der Waals surface area contributed by atoms with Gasteiger partial charge in [-0.3, -0.25) is 4.79 Å². The van der Waals surface area contributed by atoms with Crippen molar-refractivity contribution >= 4 is 5.97 Å². The molecular formula is C19H21NO2. The molecule has 0 spiro atoms. The quantitative estimate of drug-likeness (QED) is 0.892. The van der Waals surface area contributed by atoms with Crippen molar-refractivity contribution in [3.63, 3.8) is 0 Å². The molecule has 2 N–H and O–H groups in total. The molecule has 0 bridgehead atoms. The minimum Gasteiger partial charge on any atom is -0.480 e. The first-order valence-electron chi connectivity index (χ1n) is 7.82. The molecule has 0 saturated heterocycles. The van der Waals surface area contributed by atoms with E-state index in [9.17, 15) is 9.90 Å². The number of rotatable bonds is 5. The maximum Gasteiger partial charge on any atom is 0.321 e. The maximum atomic E-state index is 11.6. The Morgan fingerprint density at radius 3 is 2.50 bits per heavy atom. The molecule has 3 rings (SSSR count). The Bertz CT molecular complexity index is 639. The van der Waals surface area contributed by atoms with Crippen molar-refractivity contribution in [3.8, 4) is 0 Å². The zero-order valence-electron chi connectivity index (χ0n) is 12.5. The second-order valence-corrected chi connectivity index (χ2v) is 5.96. The van der Waals surface area contributed by atoms with Gasteiger partial charge in [-0.1, -0.05) is 54.6 Å². The van der Waals surface area contributed by atoms with Crippen LogP contribution in [0.4, 0.5) is 0 Å². The first-order chi connectivity index (χ1) is 10.7. The first-order valence-corrected chi connectivity index (χ1v) is 7.82. The van der Waals surface area contributed by atoms with Crippen LogP contribution in [0.2, 0.25) is 0 Å². The van der Waals surface area contributed by atoms with Crippen LogP contribution in [-0.4, -0.2) is 23.2 Å². The van der Waals surface area contributed by atoms with E-state index in [0.29, 0.717) is 6.42 Å². The Labute approximate surface area is 131 Å². The van der Waals surface area contributed by atoms with Crippen molar-refractivity contribution in [2.24, 2.45) is 0 Å². The number of nitrogens with one attached hydrogen (secondary N) is 1. The smallest absolute Gasteiger partial charge is 0.321 e. The molecule has 0 amide bonds. The van der Waals surface area contributed by atoms with Crippen LogP contribution in [-0.2, 0) is 24.1 Å². The molecule has 2 aromatic rings. The molecule has 0 heterocycles. The Kier molecular flexibility index (Phi) is 4.54. The summed E-state index contributed by atoms with van der Waals surface area (Å²) >= 11 is 0. The number of fused-ring (bicyclic) bond motifs is 1. The number of aryl methyl sites for hydroxylation is 1. The molecule has 0 fully saturated rings. The molecule has 22 heavy (non-hydrogen) atoms. The predicted octanol–water partition coefficient (Wildman–Crippen LogP) is 2.83. The zero-order chi connectivity index (χ0) is 15.4. The van der Waals surface area contributed by atoms with Crippen LogP contribution >= 0.6 is 0 Å². The predicted molar refractivity (Wildman–Crippen MR) is 87.0 cm³/mol. The van der Waals surface area contributed by atoms with Gasteiger partial charge in [0.1, 0.15) is 6.04 Å². The lowest BCUT2D eigenvalue weighted by atomic mass is 9.87. The number of carboxylic acids is 1. The van der Waals surface area contributed by atoms with Crippen LogP contribution in [0, 0.1) is 0 Å². The monoisotopic (exact) mass is 295 g/mol. The molecule has 1 aliphatic rings. The SMILES string of the molecule is O=C(O)[C@H](Cc1ccccc1)NC1CCc2ccccc2C1. The number of benzene rings is 2. The molecule has 1 aliphatic carbocycles. The summed E-state index contributed by atoms with van der Waals surface area (Å²) in [6.45, 7) is 0. The normalized spacial score (nSPS) is 18.5. The minimum absolute atomic E-state index is 0.236. The van der Waals surface area contributed by atoms with Crippen molar-refractivity contribution in [3.05, 3.63) is 71.3 Å². The van der Waals surface area contributed by atoms with E-state index in [2.05, 4.69) is 29.6 Å². The van der Waals surface area contributed by atoms with Crippen molar-refractivity contribution < 1.29 is 9.90 Å². The average molecular weight is 295 g/mol. The van der Waals surface area contributed by atoms with Crippen LogP contribution < -0.4 is 5.32 Å². The summed E-state index contributed by atoms with van der Waals surface area (Å²) in [7, 11) is 0. The van der Waals surface area contributed by atoms with Crippen molar-refractivity contribution in [2.75, 3.05) is 0 Å². The van der Waals surface area contributed by atoms with Gasteiger partial charge in [-0.05, 0) is 42.4 Å². The lowest BCUT2D eigenvalue weighted by Gasteiger charge is -2.28. The van der Waals surface area contributed by atoms with Crippen LogP contribution in [0.1, 0.15) is 23.1 Å². The topological polar surface area (TPSA) is 49.3 Å². The highest BCUT2D eigenvalue weighted by molar-refractivity contribution is 5.74. The summed E-state index contributed by atoms with van der Waals surface area (Å²) in [5, 5.41) is 12.8. The fraction of sp³-hybridized carbons (Fsp3) is 0.316. The van der Waals surface area contributed by atoms with Gasteiger partial charge in [-0.2, -0.15) is 0 Å². The number of carbonyl (C=O) groups is 1. The van der Waals surface area contributed by atoms with E-state index in [-0.39, 0.29) is 6.04 Å². The summed E-state index contributed by atoms with van der Waals surface area (Å²) < 4.78 is 0. The lowest BCUT2D eigenvalue weighted by Crippen LogP contribution is -2.46. The third-order valence-electron chi connectivity index (χ3n) is 4.36. The average Bonchev–Trinajstić information content (AvgIpc) is 2.55. The Morgan fingerprint density at radius 2 is 1.77 bits per heavy atom. The summed E-state index contributed by atoms with van der Waals surface area (Å²) in [5.74, 6) is -0.775. The van der Waals surface area contributed by atoms with E-state index in [0.717, 1.165) is 24.8 Å². The summed E-state index contributed by atoms with van der Waals surface area (Å²) in [5.41, 5.74) is 3.80. The van der Waals surface area contributed by atoms with E-state index in [1.165, 1.54) is 11.1 Å². The standard InChI is InChI=1S/C19H21NO2/c21-19(22)18(12-14-6-2-1-3-7-14)20-17-11-10-15-8-4-5-9-16(15)13-17/h1-9,17-18,20H,10-13H2,(H,21,22)/t17?,18-/m0/s1. The van der Waals surface area contributed by atoms with E-state index in [4.69, 9.17) is 0 Å². The van der Waals surface area contributed by atoms with Gasteiger partial charge < -0.3 is 10.4 Å². The van der Waals surface area contributed by atoms with Crippen molar-refractivity contribution in [1.82, 2.24) is 5.32 Å². The first kappa shape index (κ1) is 14.8. The number of hydrogen-bond donors (Lipinski definition) is 2. The van der Waals surface area contributed by atoms with E-state index in [1.807, 2.05) is 30.3 Å². The van der Waals surface area contributed by atoms with Gasteiger partial charge in [-0.15, -0.1) is 0 Å². The Hall–Kier alpha value is -2.13. The second kappa shape index (κ2) is 6.75.